The van der Waals surface area contributed by atoms with E-state index in [0.29, 0.717) is 5.92 Å². The smallest absolute Gasteiger partial charge is 0.0388 e. The van der Waals surface area contributed by atoms with Gasteiger partial charge in [0, 0.05) is 16.2 Å². The summed E-state index contributed by atoms with van der Waals surface area (Å²) in [6.07, 6.45) is 0. The molecular formula is C13H18Si. The van der Waals surface area contributed by atoms with Crippen LogP contribution in [-0.2, 0) is 0 Å². The molecular weight excluding hydrogens is 184 g/mol. The van der Waals surface area contributed by atoms with Gasteiger partial charge in [-0.1, -0.05) is 29.8 Å². The molecule has 0 fully saturated rings. The molecule has 1 aromatic rings. The Morgan fingerprint density at radius 2 is 1.79 bits per heavy atom. The van der Waals surface area contributed by atoms with Crippen LogP contribution < -0.4 is 5.19 Å². The van der Waals surface area contributed by atoms with Crippen molar-refractivity contribution >= 4 is 21.0 Å². The summed E-state index contributed by atoms with van der Waals surface area (Å²) >= 11 is 0. The van der Waals surface area contributed by atoms with E-state index in [2.05, 4.69) is 39.8 Å². The van der Waals surface area contributed by atoms with E-state index in [1.165, 1.54) is 16.7 Å². The summed E-state index contributed by atoms with van der Waals surface area (Å²) in [6, 6.07) is 4.64. The SMILES string of the molecule is CC1=C(C)C(C)c2ccc([SiH3])c(C)c21. The lowest BCUT2D eigenvalue weighted by atomic mass is 9.96. The van der Waals surface area contributed by atoms with Gasteiger partial charge >= 0.3 is 0 Å². The normalized spacial score (nSPS) is 20.4. The third-order valence-electron chi connectivity index (χ3n) is 3.85. The fourth-order valence-corrected chi connectivity index (χ4v) is 2.87. The molecule has 0 nitrogen and oxygen atoms in total. The van der Waals surface area contributed by atoms with Gasteiger partial charge in [0.25, 0.3) is 0 Å². The molecule has 0 spiro atoms. The maximum Gasteiger partial charge on any atom is 0.0388 e. The van der Waals surface area contributed by atoms with E-state index in [0.717, 1.165) is 10.2 Å². The van der Waals surface area contributed by atoms with E-state index >= 15 is 0 Å². The minimum absolute atomic E-state index is 0.631. The molecule has 0 amide bonds. The minimum atomic E-state index is 0.631. The Bertz CT molecular complexity index is 427. The summed E-state index contributed by atoms with van der Waals surface area (Å²) in [7, 11) is 1.16. The second-order valence-electron chi connectivity index (χ2n) is 4.50. The van der Waals surface area contributed by atoms with Crippen LogP contribution in [0, 0.1) is 6.92 Å². The maximum absolute atomic E-state index is 2.33. The third kappa shape index (κ3) is 1.12. The van der Waals surface area contributed by atoms with Crippen molar-refractivity contribution in [2.75, 3.05) is 0 Å². The number of hydrogen-bond acceptors (Lipinski definition) is 0. The van der Waals surface area contributed by atoms with Crippen LogP contribution in [0.15, 0.2) is 17.7 Å². The number of allylic oxidation sites excluding steroid dienone is 2. The molecule has 2 rings (SSSR count). The molecule has 0 aliphatic heterocycles. The Labute approximate surface area is 89.5 Å². The van der Waals surface area contributed by atoms with Gasteiger partial charge in [0.2, 0.25) is 0 Å². The molecule has 1 aliphatic carbocycles. The van der Waals surface area contributed by atoms with Crippen LogP contribution >= 0.6 is 0 Å². The second kappa shape index (κ2) is 3.09. The number of hydrogen-bond donors (Lipinski definition) is 0. The highest BCUT2D eigenvalue weighted by Crippen LogP contribution is 2.41. The van der Waals surface area contributed by atoms with Gasteiger partial charge in [-0.25, -0.2) is 0 Å². The zero-order valence-electron chi connectivity index (χ0n) is 9.73. The average Bonchev–Trinajstić information content (AvgIpc) is 2.38. The third-order valence-corrected chi connectivity index (χ3v) is 4.93. The summed E-state index contributed by atoms with van der Waals surface area (Å²) in [6.45, 7) is 9.13. The molecule has 0 radical (unpaired) electrons. The van der Waals surface area contributed by atoms with Crippen LogP contribution in [0.25, 0.3) is 5.57 Å². The number of rotatable bonds is 0. The molecule has 0 bridgehead atoms. The molecule has 0 N–H and O–H groups in total. The van der Waals surface area contributed by atoms with Gasteiger partial charge in [-0.15, -0.1) is 0 Å². The Morgan fingerprint density at radius 1 is 1.14 bits per heavy atom. The monoisotopic (exact) mass is 202 g/mol. The number of benzene rings is 1. The van der Waals surface area contributed by atoms with Crippen LogP contribution in [0.1, 0.15) is 43.4 Å². The first-order valence-corrected chi connectivity index (χ1v) is 6.32. The molecule has 0 aromatic heterocycles. The first kappa shape index (κ1) is 9.72. The Kier molecular flexibility index (Phi) is 2.15. The highest BCUT2D eigenvalue weighted by Gasteiger charge is 2.24. The van der Waals surface area contributed by atoms with Crippen molar-refractivity contribution in [3.8, 4) is 0 Å². The van der Waals surface area contributed by atoms with Gasteiger partial charge < -0.3 is 0 Å². The Hall–Kier alpha value is -0.823. The van der Waals surface area contributed by atoms with Crippen molar-refractivity contribution in [1.29, 1.82) is 0 Å². The summed E-state index contributed by atoms with van der Waals surface area (Å²) in [5.41, 5.74) is 7.67. The lowest BCUT2D eigenvalue weighted by Crippen LogP contribution is -2.10. The Morgan fingerprint density at radius 3 is 2.43 bits per heavy atom. The first-order chi connectivity index (χ1) is 6.54. The van der Waals surface area contributed by atoms with E-state index in [1.807, 2.05) is 0 Å². The topological polar surface area (TPSA) is 0 Å². The highest BCUT2D eigenvalue weighted by atomic mass is 28.1. The molecule has 1 heteroatoms. The summed E-state index contributed by atoms with van der Waals surface area (Å²) in [5, 5.41) is 1.55. The maximum atomic E-state index is 2.33. The largest absolute Gasteiger partial charge is 0.0673 e. The average molecular weight is 202 g/mol. The summed E-state index contributed by atoms with van der Waals surface area (Å²) in [4.78, 5) is 0. The van der Waals surface area contributed by atoms with Crippen LogP contribution in [0.3, 0.4) is 0 Å². The van der Waals surface area contributed by atoms with Gasteiger partial charge in [0.15, 0.2) is 0 Å². The molecule has 1 atom stereocenters. The van der Waals surface area contributed by atoms with Gasteiger partial charge in [-0.2, -0.15) is 0 Å². The lowest BCUT2D eigenvalue weighted by Gasteiger charge is -2.11. The zero-order chi connectivity index (χ0) is 10.5. The van der Waals surface area contributed by atoms with Crippen molar-refractivity contribution in [2.45, 2.75) is 33.6 Å². The molecule has 74 valence electrons. The number of fused-ring (bicyclic) bond motifs is 1. The predicted octanol–water partition coefficient (Wildman–Crippen LogP) is 1.90. The van der Waals surface area contributed by atoms with Crippen molar-refractivity contribution in [3.63, 3.8) is 0 Å². The summed E-state index contributed by atoms with van der Waals surface area (Å²) < 4.78 is 0. The van der Waals surface area contributed by atoms with Crippen LogP contribution in [0.4, 0.5) is 0 Å². The highest BCUT2D eigenvalue weighted by molar-refractivity contribution is 6.33. The van der Waals surface area contributed by atoms with Crippen LogP contribution in [0.2, 0.25) is 0 Å². The van der Waals surface area contributed by atoms with Crippen LogP contribution in [0.5, 0.6) is 0 Å². The van der Waals surface area contributed by atoms with E-state index in [9.17, 15) is 0 Å². The van der Waals surface area contributed by atoms with E-state index in [4.69, 9.17) is 0 Å². The fourth-order valence-electron chi connectivity index (χ4n) is 2.45. The lowest BCUT2D eigenvalue weighted by molar-refractivity contribution is 0.919. The van der Waals surface area contributed by atoms with Crippen molar-refractivity contribution < 1.29 is 0 Å². The van der Waals surface area contributed by atoms with Gasteiger partial charge in [0.1, 0.15) is 0 Å². The molecule has 0 saturated heterocycles. The van der Waals surface area contributed by atoms with Gasteiger partial charge in [-0.05, 0) is 43.0 Å². The zero-order valence-corrected chi connectivity index (χ0v) is 11.7. The van der Waals surface area contributed by atoms with Gasteiger partial charge in [-0.3, -0.25) is 0 Å². The molecule has 14 heavy (non-hydrogen) atoms. The van der Waals surface area contributed by atoms with Gasteiger partial charge in [0.05, 0.1) is 0 Å². The fraction of sp³-hybridized carbons (Fsp3) is 0.385. The van der Waals surface area contributed by atoms with Crippen molar-refractivity contribution in [1.82, 2.24) is 0 Å². The Balaban J connectivity index is 2.75. The molecule has 0 saturated carbocycles. The molecule has 1 aromatic carbocycles. The van der Waals surface area contributed by atoms with Crippen molar-refractivity contribution in [2.24, 2.45) is 0 Å². The van der Waals surface area contributed by atoms with E-state index < -0.39 is 0 Å². The quantitative estimate of drug-likeness (QED) is 0.564. The molecule has 0 heterocycles. The standard InChI is InChI=1S/C13H18Si/c1-7-8(2)11-5-6-12(14)10(4)13(11)9(7)3/h5-6,8H,1-4,14H3. The summed E-state index contributed by atoms with van der Waals surface area (Å²) in [5.74, 6) is 0.631. The predicted molar refractivity (Wildman–Crippen MR) is 67.4 cm³/mol. The van der Waals surface area contributed by atoms with E-state index in [1.54, 1.807) is 16.3 Å². The molecule has 1 aliphatic rings. The first-order valence-electron chi connectivity index (χ1n) is 5.32. The van der Waals surface area contributed by atoms with E-state index in [-0.39, 0.29) is 0 Å². The van der Waals surface area contributed by atoms with Crippen molar-refractivity contribution in [3.05, 3.63) is 34.4 Å². The van der Waals surface area contributed by atoms with Crippen LogP contribution in [-0.4, -0.2) is 10.2 Å². The second-order valence-corrected chi connectivity index (χ2v) is 5.58. The minimum Gasteiger partial charge on any atom is -0.0673 e. The molecule has 1 unspecified atom stereocenters.